The van der Waals surface area contributed by atoms with Crippen LogP contribution >= 0.6 is 23.2 Å². The Morgan fingerprint density at radius 3 is 2.00 bits per heavy atom. The Morgan fingerprint density at radius 1 is 0.805 bits per heavy atom. The molecule has 3 aliphatic rings. The number of benzene rings is 5. The van der Waals surface area contributed by atoms with Crippen LogP contribution in [0.5, 0.6) is 5.75 Å². The molecule has 200 valence electrons. The second kappa shape index (κ2) is 9.47. The van der Waals surface area contributed by atoms with E-state index in [1.807, 2.05) is 78.9 Å². The predicted octanol–water partition coefficient (Wildman–Crippen LogP) is 8.34. The van der Waals surface area contributed by atoms with Gasteiger partial charge < -0.3 is 4.74 Å². The van der Waals surface area contributed by atoms with Gasteiger partial charge in [0, 0.05) is 45.5 Å². The van der Waals surface area contributed by atoms with Gasteiger partial charge in [-0.2, -0.15) is 0 Å². The third-order valence-corrected chi connectivity index (χ3v) is 8.26. The number of carbonyl (C=O) groups is 1. The molecule has 0 N–H and O–H groups in total. The minimum Gasteiger partial charge on any atom is -0.471 e. The van der Waals surface area contributed by atoms with Crippen LogP contribution in [-0.4, -0.2) is 10.8 Å². The molecule has 0 saturated heterocycles. The third kappa shape index (κ3) is 3.75. The first-order valence-electron chi connectivity index (χ1n) is 12.9. The van der Waals surface area contributed by atoms with Gasteiger partial charge in [0.05, 0.1) is 16.0 Å². The maximum atomic E-state index is 14.5. The number of hydrogen-bond donors (Lipinski definition) is 0. The van der Waals surface area contributed by atoms with Crippen LogP contribution in [0.25, 0.3) is 0 Å². The number of amides is 1. The lowest BCUT2D eigenvalue weighted by Gasteiger charge is -2.49. The Balaban J connectivity index is 1.58. The topological polar surface area (TPSA) is 72.7 Å². The van der Waals surface area contributed by atoms with Crippen molar-refractivity contribution in [3.8, 4) is 5.75 Å². The van der Waals surface area contributed by atoms with Crippen molar-refractivity contribution in [2.24, 2.45) is 0 Å². The molecule has 1 aliphatic carbocycles. The van der Waals surface area contributed by atoms with Gasteiger partial charge in [0.15, 0.2) is 5.60 Å². The van der Waals surface area contributed by atoms with E-state index in [-0.39, 0.29) is 16.3 Å². The maximum absolute atomic E-state index is 14.5. The summed E-state index contributed by atoms with van der Waals surface area (Å²) < 4.78 is 7.13. The molecule has 0 aromatic heterocycles. The van der Waals surface area contributed by atoms with E-state index in [4.69, 9.17) is 27.9 Å². The van der Waals surface area contributed by atoms with Gasteiger partial charge in [-0.15, -0.1) is 0 Å². The lowest BCUT2D eigenvalue weighted by molar-refractivity contribution is -0.384. The average molecular weight is 579 g/mol. The number of rotatable bonds is 3. The van der Waals surface area contributed by atoms with Crippen molar-refractivity contribution in [3.05, 3.63) is 169 Å². The second-order valence-corrected chi connectivity index (χ2v) is 10.8. The first-order valence-corrected chi connectivity index (χ1v) is 13.7. The molecule has 2 bridgehead atoms. The first-order chi connectivity index (χ1) is 19.9. The fourth-order valence-electron chi connectivity index (χ4n) is 6.09. The number of ether oxygens (including phenoxy) is 1. The minimum absolute atomic E-state index is 0.108. The molecule has 1 amide bonds. The van der Waals surface area contributed by atoms with E-state index in [0.717, 1.165) is 27.8 Å². The number of nitro benzene ring substituents is 1. The van der Waals surface area contributed by atoms with Crippen molar-refractivity contribution in [2.45, 2.75) is 11.6 Å². The molecule has 6 nitrogen and oxygen atoms in total. The summed E-state index contributed by atoms with van der Waals surface area (Å²) in [5.41, 5.74) is 3.91. The highest BCUT2D eigenvalue weighted by molar-refractivity contribution is 6.37. The van der Waals surface area contributed by atoms with Crippen molar-refractivity contribution in [1.29, 1.82) is 0 Å². The third-order valence-electron chi connectivity index (χ3n) is 7.75. The number of nitro groups is 1. The van der Waals surface area contributed by atoms with Crippen molar-refractivity contribution in [2.75, 3.05) is 4.90 Å². The molecule has 5 aromatic carbocycles. The maximum Gasteiger partial charge on any atom is 0.269 e. The molecule has 5 aromatic rings. The van der Waals surface area contributed by atoms with Gasteiger partial charge >= 0.3 is 0 Å². The molecule has 0 atom stereocenters. The number of carbonyl (C=O) groups excluding carboxylic acids is 1. The molecular formula is C33H20Cl2N2O4. The largest absolute Gasteiger partial charge is 0.471 e. The van der Waals surface area contributed by atoms with Crippen LogP contribution in [-0.2, 0) is 5.60 Å². The van der Waals surface area contributed by atoms with E-state index < -0.39 is 22.5 Å². The summed E-state index contributed by atoms with van der Waals surface area (Å²) in [4.78, 5) is 26.9. The highest BCUT2D eigenvalue weighted by Gasteiger charge is 2.52. The molecule has 41 heavy (non-hydrogen) atoms. The van der Waals surface area contributed by atoms with Crippen LogP contribution < -0.4 is 9.64 Å². The number of hydrogen-bond acceptors (Lipinski definition) is 4. The highest BCUT2D eigenvalue weighted by atomic mass is 35.5. The van der Waals surface area contributed by atoms with Crippen molar-refractivity contribution in [1.82, 2.24) is 0 Å². The summed E-state index contributed by atoms with van der Waals surface area (Å²) in [6.45, 7) is 0. The van der Waals surface area contributed by atoms with E-state index >= 15 is 0 Å². The van der Waals surface area contributed by atoms with Crippen LogP contribution in [0.15, 0.2) is 115 Å². The first kappa shape index (κ1) is 25.3. The van der Waals surface area contributed by atoms with Crippen molar-refractivity contribution in [3.63, 3.8) is 0 Å². The Labute approximate surface area is 245 Å². The number of anilines is 1. The lowest BCUT2D eigenvalue weighted by Crippen LogP contribution is -2.48. The van der Waals surface area contributed by atoms with E-state index in [1.165, 1.54) is 24.3 Å². The smallest absolute Gasteiger partial charge is 0.269 e. The van der Waals surface area contributed by atoms with Gasteiger partial charge in [0.25, 0.3) is 11.6 Å². The number of non-ortho nitro benzene ring substituents is 1. The van der Waals surface area contributed by atoms with Gasteiger partial charge in [-0.3, -0.25) is 19.8 Å². The monoisotopic (exact) mass is 578 g/mol. The summed E-state index contributed by atoms with van der Waals surface area (Å²) in [6.07, 6.45) is 0. The predicted molar refractivity (Wildman–Crippen MR) is 158 cm³/mol. The SMILES string of the molecule is O=C(c1ccc([N+](=O)[O-])cc1)N1c2c(Cl)cc(Cl)cc2OC2(c3ccccc3)c3ccccc3C1c1ccccc12. The Hall–Kier alpha value is -4.65. The summed E-state index contributed by atoms with van der Waals surface area (Å²) in [5, 5.41) is 11.9. The molecular weight excluding hydrogens is 559 g/mol. The van der Waals surface area contributed by atoms with Crippen LogP contribution in [0.2, 0.25) is 10.0 Å². The molecule has 8 rings (SSSR count). The summed E-state index contributed by atoms with van der Waals surface area (Å²) in [6, 6.07) is 34.0. The average Bonchev–Trinajstić information content (AvgIpc) is 2.98. The van der Waals surface area contributed by atoms with Gasteiger partial charge in [0.1, 0.15) is 11.4 Å². The quantitative estimate of drug-likeness (QED) is 0.159. The van der Waals surface area contributed by atoms with E-state index in [1.54, 1.807) is 17.0 Å². The van der Waals surface area contributed by atoms with Gasteiger partial charge in [0.2, 0.25) is 0 Å². The van der Waals surface area contributed by atoms with E-state index in [2.05, 4.69) is 0 Å². The molecule has 0 spiro atoms. The van der Waals surface area contributed by atoms with Crippen molar-refractivity contribution >= 4 is 40.5 Å². The molecule has 2 heterocycles. The lowest BCUT2D eigenvalue weighted by atomic mass is 9.68. The molecule has 0 unspecified atom stereocenters. The Kier molecular flexibility index (Phi) is 5.85. The zero-order valence-corrected chi connectivity index (χ0v) is 22.8. The standard InChI is InChI=1S/C33H20Cl2N2O4/c34-22-18-28(35)31-29(19-22)41-33(21-8-2-1-3-9-21)26-12-6-4-10-24(26)30(25-11-5-7-13-27(25)33)36(31)32(38)20-14-16-23(17-15-20)37(39)40/h1-19,30H. The number of halogens is 2. The Morgan fingerprint density at radius 2 is 1.39 bits per heavy atom. The van der Waals surface area contributed by atoms with Crippen LogP contribution in [0, 0.1) is 10.1 Å². The van der Waals surface area contributed by atoms with Crippen molar-refractivity contribution < 1.29 is 14.5 Å². The van der Waals surface area contributed by atoms with Crippen LogP contribution in [0.3, 0.4) is 0 Å². The summed E-state index contributed by atoms with van der Waals surface area (Å²) >= 11 is 13.4. The van der Waals surface area contributed by atoms with Crippen LogP contribution in [0.4, 0.5) is 11.4 Å². The number of nitrogens with zero attached hydrogens (tertiary/aromatic N) is 2. The highest BCUT2D eigenvalue weighted by Crippen LogP contribution is 2.58. The zero-order chi connectivity index (χ0) is 28.3. The summed E-state index contributed by atoms with van der Waals surface area (Å²) in [5.74, 6) is -0.0479. The normalized spacial score (nSPS) is 18.3. The fraction of sp³-hybridized carbons (Fsp3) is 0.0606. The van der Waals surface area contributed by atoms with Gasteiger partial charge in [-0.1, -0.05) is 102 Å². The minimum atomic E-state index is -1.06. The van der Waals surface area contributed by atoms with Crippen LogP contribution in [0.1, 0.15) is 44.2 Å². The molecule has 2 aliphatic heterocycles. The zero-order valence-electron chi connectivity index (χ0n) is 21.3. The van der Waals surface area contributed by atoms with E-state index in [0.29, 0.717) is 16.5 Å². The molecule has 0 saturated carbocycles. The second-order valence-electron chi connectivity index (χ2n) is 9.94. The molecule has 8 heteroatoms. The van der Waals surface area contributed by atoms with Gasteiger partial charge in [-0.25, -0.2) is 0 Å². The van der Waals surface area contributed by atoms with E-state index in [9.17, 15) is 14.9 Å². The molecule has 0 radical (unpaired) electrons. The molecule has 0 fully saturated rings. The Bertz CT molecular complexity index is 1810. The van der Waals surface area contributed by atoms with Gasteiger partial charge in [-0.05, 0) is 29.3 Å². The fourth-order valence-corrected chi connectivity index (χ4v) is 6.65. The summed E-state index contributed by atoms with van der Waals surface area (Å²) in [7, 11) is 0.